The Morgan fingerprint density at radius 2 is 2.08 bits per heavy atom. The number of amides is 1. The van der Waals surface area contributed by atoms with Gasteiger partial charge >= 0.3 is 12.1 Å². The summed E-state index contributed by atoms with van der Waals surface area (Å²) in [6.45, 7) is 7.14. The molecule has 0 saturated heterocycles. The number of carbonyl (C=O) groups excluding carboxylic acids is 2. The summed E-state index contributed by atoms with van der Waals surface area (Å²) >= 11 is 0. The largest absolute Gasteiger partial charge is 0.494 e. The summed E-state index contributed by atoms with van der Waals surface area (Å²) in [5.41, 5.74) is -0.671. The Kier molecular flexibility index (Phi) is 7.25. The van der Waals surface area contributed by atoms with E-state index in [1.165, 1.54) is 13.2 Å². The van der Waals surface area contributed by atoms with E-state index in [4.69, 9.17) is 14.2 Å². The Bertz CT molecular complexity index is 522. The number of carbonyl (C=O) groups is 2. The first-order chi connectivity index (χ1) is 11.2. The van der Waals surface area contributed by atoms with Gasteiger partial charge in [0.1, 0.15) is 17.2 Å². The fraction of sp³-hybridized carbons (Fsp3) is 0.647. The van der Waals surface area contributed by atoms with Crippen LogP contribution in [0.4, 0.5) is 9.18 Å². The Hall–Kier alpha value is -2.05. The molecule has 0 heterocycles. The van der Waals surface area contributed by atoms with Gasteiger partial charge in [-0.3, -0.25) is 4.79 Å². The summed E-state index contributed by atoms with van der Waals surface area (Å²) in [4.78, 5) is 23.8. The number of alkyl carbamates (subject to hydrolysis) is 1. The van der Waals surface area contributed by atoms with Crippen LogP contribution in [0.5, 0.6) is 0 Å². The molecular weight excluding hydrogens is 317 g/mol. The standard InChI is InChI=1S/C17H26FNO5/c1-6-23-15(20)10-13(19-16(21)24-17(2,3)4)11-7-8-14(22-5)12(18)9-11/h7-8,11,13H,6,9-10H2,1-5H3,(H,19,21)/t11?,13-/m1/s1. The van der Waals surface area contributed by atoms with Crippen LogP contribution in [-0.2, 0) is 19.0 Å². The van der Waals surface area contributed by atoms with E-state index >= 15 is 0 Å². The van der Waals surface area contributed by atoms with Gasteiger partial charge in [-0.1, -0.05) is 6.08 Å². The van der Waals surface area contributed by atoms with Gasteiger partial charge in [-0.2, -0.15) is 0 Å². The van der Waals surface area contributed by atoms with Crippen molar-refractivity contribution >= 4 is 12.1 Å². The summed E-state index contributed by atoms with van der Waals surface area (Å²) in [6, 6.07) is -0.640. The van der Waals surface area contributed by atoms with Crippen molar-refractivity contribution in [2.75, 3.05) is 13.7 Å². The van der Waals surface area contributed by atoms with Crippen LogP contribution in [0, 0.1) is 5.92 Å². The van der Waals surface area contributed by atoms with Gasteiger partial charge in [0.15, 0.2) is 0 Å². The maximum absolute atomic E-state index is 14.0. The molecule has 0 aliphatic heterocycles. The Balaban J connectivity index is 2.83. The second-order valence-electron chi connectivity index (χ2n) is 6.46. The fourth-order valence-corrected chi connectivity index (χ4v) is 2.30. The van der Waals surface area contributed by atoms with E-state index in [1.807, 2.05) is 0 Å². The quantitative estimate of drug-likeness (QED) is 0.750. The molecule has 2 atom stereocenters. The lowest BCUT2D eigenvalue weighted by molar-refractivity contribution is -0.143. The number of ether oxygens (including phenoxy) is 3. The second kappa shape index (κ2) is 8.70. The minimum atomic E-state index is -0.671. The normalized spacial score (nSPS) is 18.8. The Morgan fingerprint density at radius 3 is 2.58 bits per heavy atom. The van der Waals surface area contributed by atoms with Gasteiger partial charge in [0.2, 0.25) is 0 Å². The third-order valence-electron chi connectivity index (χ3n) is 3.31. The molecular formula is C17H26FNO5. The smallest absolute Gasteiger partial charge is 0.407 e. The first-order valence-electron chi connectivity index (χ1n) is 7.92. The highest BCUT2D eigenvalue weighted by atomic mass is 19.1. The summed E-state index contributed by atoms with van der Waals surface area (Å²) in [6.07, 6.45) is 2.51. The molecule has 1 aliphatic rings. The van der Waals surface area contributed by atoms with Crippen molar-refractivity contribution in [2.45, 2.75) is 52.2 Å². The molecule has 136 valence electrons. The highest BCUT2D eigenvalue weighted by Crippen LogP contribution is 2.28. The van der Waals surface area contributed by atoms with Crippen molar-refractivity contribution in [3.05, 3.63) is 23.7 Å². The number of rotatable bonds is 6. The molecule has 0 bridgehead atoms. The minimum absolute atomic E-state index is 0.0273. The number of methoxy groups -OCH3 is 1. The zero-order valence-electron chi connectivity index (χ0n) is 14.8. The monoisotopic (exact) mass is 343 g/mol. The number of nitrogens with one attached hydrogen (secondary N) is 1. The first-order valence-corrected chi connectivity index (χ1v) is 7.92. The fourth-order valence-electron chi connectivity index (χ4n) is 2.30. The molecule has 1 aliphatic carbocycles. The maximum Gasteiger partial charge on any atom is 0.407 e. The lowest BCUT2D eigenvalue weighted by Crippen LogP contribution is -2.44. The number of halogens is 1. The van der Waals surface area contributed by atoms with Crippen molar-refractivity contribution in [1.29, 1.82) is 0 Å². The average molecular weight is 343 g/mol. The third kappa shape index (κ3) is 6.60. The van der Waals surface area contributed by atoms with Crippen LogP contribution in [0.25, 0.3) is 0 Å². The molecule has 0 saturated carbocycles. The lowest BCUT2D eigenvalue weighted by Gasteiger charge is -2.28. The molecule has 1 N–H and O–H groups in total. The average Bonchev–Trinajstić information content (AvgIpc) is 2.44. The number of esters is 1. The van der Waals surface area contributed by atoms with Gasteiger partial charge in [0, 0.05) is 18.4 Å². The minimum Gasteiger partial charge on any atom is -0.494 e. The van der Waals surface area contributed by atoms with Gasteiger partial charge in [0.05, 0.1) is 20.1 Å². The highest BCUT2D eigenvalue weighted by molar-refractivity contribution is 5.73. The maximum atomic E-state index is 14.0. The summed E-state index contributed by atoms with van der Waals surface area (Å²) < 4.78 is 29.1. The summed E-state index contributed by atoms with van der Waals surface area (Å²) in [5, 5.41) is 2.64. The second-order valence-corrected chi connectivity index (χ2v) is 6.46. The molecule has 0 aromatic carbocycles. The number of allylic oxidation sites excluding steroid dienone is 2. The molecule has 7 heteroatoms. The van der Waals surface area contributed by atoms with Gasteiger partial charge in [0.25, 0.3) is 0 Å². The van der Waals surface area contributed by atoms with Crippen molar-refractivity contribution in [3.63, 3.8) is 0 Å². The molecule has 0 radical (unpaired) electrons. The highest BCUT2D eigenvalue weighted by Gasteiger charge is 2.30. The van der Waals surface area contributed by atoms with Crippen LogP contribution in [0.3, 0.4) is 0 Å². The van der Waals surface area contributed by atoms with E-state index in [9.17, 15) is 14.0 Å². The van der Waals surface area contributed by atoms with E-state index in [0.717, 1.165) is 0 Å². The molecule has 0 aromatic heterocycles. The molecule has 1 amide bonds. The Labute approximate surface area is 142 Å². The molecule has 0 fully saturated rings. The predicted molar refractivity (Wildman–Crippen MR) is 86.8 cm³/mol. The van der Waals surface area contributed by atoms with Crippen molar-refractivity contribution in [3.8, 4) is 0 Å². The zero-order valence-corrected chi connectivity index (χ0v) is 14.8. The van der Waals surface area contributed by atoms with Crippen LogP contribution in [0.2, 0.25) is 0 Å². The summed E-state index contributed by atoms with van der Waals surface area (Å²) in [7, 11) is 1.38. The van der Waals surface area contributed by atoms with Crippen molar-refractivity contribution in [2.24, 2.45) is 5.92 Å². The summed E-state index contributed by atoms with van der Waals surface area (Å²) in [5.74, 6) is -1.14. The van der Waals surface area contributed by atoms with Crippen molar-refractivity contribution in [1.82, 2.24) is 5.32 Å². The van der Waals surface area contributed by atoms with Gasteiger partial charge in [-0.15, -0.1) is 0 Å². The van der Waals surface area contributed by atoms with Crippen molar-refractivity contribution < 1.29 is 28.2 Å². The topological polar surface area (TPSA) is 73.9 Å². The van der Waals surface area contributed by atoms with E-state index in [-0.39, 0.29) is 25.2 Å². The molecule has 1 unspecified atom stereocenters. The van der Waals surface area contributed by atoms with E-state index in [1.54, 1.807) is 33.8 Å². The Morgan fingerprint density at radius 1 is 1.42 bits per heavy atom. The van der Waals surface area contributed by atoms with Gasteiger partial charge in [-0.25, -0.2) is 9.18 Å². The molecule has 24 heavy (non-hydrogen) atoms. The third-order valence-corrected chi connectivity index (χ3v) is 3.31. The van der Waals surface area contributed by atoms with E-state index in [2.05, 4.69) is 5.32 Å². The molecule has 1 rings (SSSR count). The van der Waals surface area contributed by atoms with E-state index < -0.39 is 35.5 Å². The molecule has 0 aromatic rings. The van der Waals surface area contributed by atoms with Gasteiger partial charge < -0.3 is 19.5 Å². The lowest BCUT2D eigenvalue weighted by atomic mass is 9.89. The molecule has 0 spiro atoms. The first kappa shape index (κ1) is 20.0. The van der Waals surface area contributed by atoms with Gasteiger partial charge in [-0.05, 0) is 33.8 Å². The van der Waals surface area contributed by atoms with E-state index in [0.29, 0.717) is 0 Å². The van der Waals surface area contributed by atoms with Crippen LogP contribution in [-0.4, -0.2) is 37.4 Å². The number of hydrogen-bond acceptors (Lipinski definition) is 5. The SMILES string of the molecule is CCOC(=O)C[C@@H](NC(=O)OC(C)(C)C)C1C=CC(OC)=C(F)C1. The van der Waals surface area contributed by atoms with Crippen LogP contribution in [0.1, 0.15) is 40.5 Å². The van der Waals surface area contributed by atoms with Crippen LogP contribution in [0.15, 0.2) is 23.7 Å². The van der Waals surface area contributed by atoms with Crippen LogP contribution >= 0.6 is 0 Å². The number of hydrogen-bond donors (Lipinski definition) is 1. The molecule has 6 nitrogen and oxygen atoms in total. The zero-order chi connectivity index (χ0) is 18.3. The predicted octanol–water partition coefficient (Wildman–Crippen LogP) is 3.24. The van der Waals surface area contributed by atoms with Crippen LogP contribution < -0.4 is 5.32 Å².